The Kier molecular flexibility index (Phi) is 5.73. The molecule has 1 saturated heterocycles. The fourth-order valence-electron chi connectivity index (χ4n) is 1.72. The van der Waals surface area contributed by atoms with E-state index in [-0.39, 0.29) is 6.04 Å². The van der Waals surface area contributed by atoms with E-state index in [0.29, 0.717) is 0 Å². The fraction of sp³-hybridized carbons (Fsp3) is 0.727. The van der Waals surface area contributed by atoms with Crippen molar-refractivity contribution in [2.24, 2.45) is 5.73 Å². The molecule has 0 aromatic carbocycles. The van der Waals surface area contributed by atoms with Crippen LogP contribution in [0.1, 0.15) is 6.42 Å². The van der Waals surface area contributed by atoms with E-state index in [2.05, 4.69) is 9.88 Å². The maximum Gasteiger partial charge on any atom is 0.149 e. The SMILES string of the molecule is N[C@H](CCN1CCOCC1)CSc1nccs1. The van der Waals surface area contributed by atoms with Gasteiger partial charge in [-0.15, -0.1) is 11.3 Å². The average molecular weight is 273 g/mol. The van der Waals surface area contributed by atoms with Gasteiger partial charge in [-0.05, 0) is 13.0 Å². The second kappa shape index (κ2) is 7.33. The minimum Gasteiger partial charge on any atom is -0.379 e. The van der Waals surface area contributed by atoms with Crippen molar-refractivity contribution in [3.05, 3.63) is 11.6 Å². The maximum absolute atomic E-state index is 6.11. The molecule has 0 bridgehead atoms. The Hall–Kier alpha value is -0.140. The van der Waals surface area contributed by atoms with Crippen molar-refractivity contribution in [2.45, 2.75) is 16.8 Å². The first-order valence-corrected chi connectivity index (χ1v) is 7.79. The first-order valence-electron chi connectivity index (χ1n) is 5.92. The minimum atomic E-state index is 0.256. The van der Waals surface area contributed by atoms with E-state index < -0.39 is 0 Å². The number of morpholine rings is 1. The Morgan fingerprint density at radius 1 is 1.53 bits per heavy atom. The first-order chi connectivity index (χ1) is 8.34. The molecule has 17 heavy (non-hydrogen) atoms. The predicted molar refractivity (Wildman–Crippen MR) is 72.7 cm³/mol. The number of rotatable bonds is 6. The monoisotopic (exact) mass is 273 g/mol. The van der Waals surface area contributed by atoms with Gasteiger partial charge in [0, 0.05) is 36.5 Å². The molecule has 1 aliphatic heterocycles. The van der Waals surface area contributed by atoms with Crippen molar-refractivity contribution in [3.8, 4) is 0 Å². The molecule has 6 heteroatoms. The van der Waals surface area contributed by atoms with Crippen LogP contribution in [0.4, 0.5) is 0 Å². The molecule has 1 aliphatic rings. The van der Waals surface area contributed by atoms with E-state index in [4.69, 9.17) is 10.5 Å². The van der Waals surface area contributed by atoms with Crippen molar-refractivity contribution in [2.75, 3.05) is 38.6 Å². The zero-order valence-electron chi connectivity index (χ0n) is 9.88. The molecule has 1 atom stereocenters. The summed E-state index contributed by atoms with van der Waals surface area (Å²) in [6, 6.07) is 0.256. The quantitative estimate of drug-likeness (QED) is 0.791. The van der Waals surface area contributed by atoms with Gasteiger partial charge in [0.15, 0.2) is 0 Å². The molecule has 2 N–H and O–H groups in total. The lowest BCUT2D eigenvalue weighted by atomic mass is 10.2. The highest BCUT2D eigenvalue weighted by molar-refractivity contribution is 8.01. The highest BCUT2D eigenvalue weighted by Crippen LogP contribution is 2.21. The van der Waals surface area contributed by atoms with Crippen molar-refractivity contribution >= 4 is 23.1 Å². The summed E-state index contributed by atoms with van der Waals surface area (Å²) in [6.45, 7) is 4.91. The van der Waals surface area contributed by atoms with Crippen molar-refractivity contribution < 1.29 is 4.74 Å². The van der Waals surface area contributed by atoms with E-state index in [1.807, 2.05) is 11.6 Å². The van der Waals surface area contributed by atoms with Gasteiger partial charge in [0.1, 0.15) is 4.34 Å². The van der Waals surface area contributed by atoms with Gasteiger partial charge in [0.05, 0.1) is 13.2 Å². The van der Waals surface area contributed by atoms with Crippen molar-refractivity contribution in [1.29, 1.82) is 0 Å². The van der Waals surface area contributed by atoms with Crippen LogP contribution in [0.25, 0.3) is 0 Å². The molecule has 1 aromatic rings. The smallest absolute Gasteiger partial charge is 0.149 e. The molecule has 1 aromatic heterocycles. The third-order valence-corrected chi connectivity index (χ3v) is 4.90. The molecule has 96 valence electrons. The topological polar surface area (TPSA) is 51.4 Å². The van der Waals surface area contributed by atoms with E-state index in [0.717, 1.165) is 49.4 Å². The molecule has 0 aliphatic carbocycles. The molecular formula is C11H19N3OS2. The summed E-state index contributed by atoms with van der Waals surface area (Å²) in [5.74, 6) is 0.956. The van der Waals surface area contributed by atoms with Gasteiger partial charge in [0.25, 0.3) is 0 Å². The van der Waals surface area contributed by atoms with Crippen LogP contribution < -0.4 is 5.73 Å². The lowest BCUT2D eigenvalue weighted by molar-refractivity contribution is 0.0369. The zero-order valence-corrected chi connectivity index (χ0v) is 11.5. The molecule has 0 unspecified atom stereocenters. The number of hydrogen-bond acceptors (Lipinski definition) is 6. The van der Waals surface area contributed by atoms with E-state index >= 15 is 0 Å². The maximum atomic E-state index is 6.11. The predicted octanol–water partition coefficient (Wildman–Crippen LogP) is 1.28. The highest BCUT2D eigenvalue weighted by Gasteiger charge is 2.12. The number of aromatic nitrogens is 1. The summed E-state index contributed by atoms with van der Waals surface area (Å²) in [5.41, 5.74) is 6.11. The number of thiazole rings is 1. The minimum absolute atomic E-state index is 0.256. The normalized spacial score (nSPS) is 19.4. The molecule has 1 fully saturated rings. The Balaban J connectivity index is 1.58. The largest absolute Gasteiger partial charge is 0.379 e. The number of ether oxygens (including phenoxy) is 1. The second-order valence-corrected chi connectivity index (χ2v) is 6.27. The van der Waals surface area contributed by atoms with Crippen LogP contribution in [0, 0.1) is 0 Å². The van der Waals surface area contributed by atoms with Crippen LogP contribution in [-0.4, -0.2) is 54.5 Å². The lowest BCUT2D eigenvalue weighted by Gasteiger charge is -2.27. The molecule has 0 saturated carbocycles. The van der Waals surface area contributed by atoms with Crippen LogP contribution >= 0.6 is 23.1 Å². The van der Waals surface area contributed by atoms with Gasteiger partial charge in [-0.1, -0.05) is 11.8 Å². The molecule has 2 rings (SSSR count). The van der Waals surface area contributed by atoms with Crippen LogP contribution in [0.15, 0.2) is 15.9 Å². The van der Waals surface area contributed by atoms with Crippen LogP contribution in [0.3, 0.4) is 0 Å². The Bertz CT molecular complexity index is 302. The van der Waals surface area contributed by atoms with Gasteiger partial charge < -0.3 is 10.5 Å². The fourth-order valence-corrected chi connectivity index (χ4v) is 3.38. The summed E-state index contributed by atoms with van der Waals surface area (Å²) in [4.78, 5) is 6.67. The zero-order chi connectivity index (χ0) is 11.9. The molecular weight excluding hydrogens is 254 g/mol. The van der Waals surface area contributed by atoms with Crippen LogP contribution in [0.2, 0.25) is 0 Å². The number of hydrogen-bond donors (Lipinski definition) is 1. The van der Waals surface area contributed by atoms with Gasteiger partial charge >= 0.3 is 0 Å². The standard InChI is InChI=1S/C11H19N3OS2/c12-10(9-17-11-13-2-8-16-11)1-3-14-4-6-15-7-5-14/h2,8,10H,1,3-7,9,12H2/t10-/m1/s1. The summed E-state index contributed by atoms with van der Waals surface area (Å²) in [7, 11) is 0. The van der Waals surface area contributed by atoms with Gasteiger partial charge in [-0.3, -0.25) is 4.90 Å². The van der Waals surface area contributed by atoms with Gasteiger partial charge in [-0.2, -0.15) is 0 Å². The number of thioether (sulfide) groups is 1. The van der Waals surface area contributed by atoms with E-state index in [1.165, 1.54) is 0 Å². The second-order valence-electron chi connectivity index (χ2n) is 4.11. The molecule has 2 heterocycles. The van der Waals surface area contributed by atoms with Crippen LogP contribution in [-0.2, 0) is 4.74 Å². The summed E-state index contributed by atoms with van der Waals surface area (Å²) < 4.78 is 6.44. The summed E-state index contributed by atoms with van der Waals surface area (Å²) >= 11 is 3.44. The Labute approximate surface area is 111 Å². The lowest BCUT2D eigenvalue weighted by Crippen LogP contribution is -2.39. The molecule has 0 amide bonds. The van der Waals surface area contributed by atoms with E-state index in [9.17, 15) is 0 Å². The third-order valence-electron chi connectivity index (χ3n) is 2.75. The Morgan fingerprint density at radius 3 is 3.06 bits per heavy atom. The average Bonchev–Trinajstić information content (AvgIpc) is 2.88. The molecule has 4 nitrogen and oxygen atoms in total. The van der Waals surface area contributed by atoms with Gasteiger partial charge in [-0.25, -0.2) is 4.98 Å². The molecule has 0 spiro atoms. The highest BCUT2D eigenvalue weighted by atomic mass is 32.2. The van der Waals surface area contributed by atoms with Crippen LogP contribution in [0.5, 0.6) is 0 Å². The number of nitrogens with zero attached hydrogens (tertiary/aromatic N) is 2. The summed E-state index contributed by atoms with van der Waals surface area (Å²) in [6.07, 6.45) is 2.89. The summed E-state index contributed by atoms with van der Waals surface area (Å²) in [5, 5.41) is 2.00. The number of nitrogens with two attached hydrogens (primary N) is 1. The molecule has 0 radical (unpaired) electrons. The van der Waals surface area contributed by atoms with Gasteiger partial charge in [0.2, 0.25) is 0 Å². The Morgan fingerprint density at radius 2 is 2.35 bits per heavy atom. The van der Waals surface area contributed by atoms with E-state index in [1.54, 1.807) is 23.1 Å². The van der Waals surface area contributed by atoms with Crippen molar-refractivity contribution in [1.82, 2.24) is 9.88 Å². The first kappa shape index (κ1) is 13.3. The third kappa shape index (κ3) is 4.93. The van der Waals surface area contributed by atoms with Crippen molar-refractivity contribution in [3.63, 3.8) is 0 Å².